The lowest BCUT2D eigenvalue weighted by molar-refractivity contribution is 0.102. The van der Waals surface area contributed by atoms with E-state index in [4.69, 9.17) is 4.74 Å². The van der Waals surface area contributed by atoms with E-state index in [1.54, 1.807) is 25.6 Å². The zero-order valence-electron chi connectivity index (χ0n) is 14.1. The van der Waals surface area contributed by atoms with Gasteiger partial charge in [-0.1, -0.05) is 29.5 Å². The number of benzene rings is 1. The highest BCUT2D eigenvalue weighted by molar-refractivity contribution is 9.10. The number of fused-ring (bicyclic) bond motifs is 1. The fourth-order valence-electron chi connectivity index (χ4n) is 2.69. The van der Waals surface area contributed by atoms with Crippen molar-refractivity contribution in [3.63, 3.8) is 0 Å². The van der Waals surface area contributed by atoms with E-state index in [1.807, 2.05) is 36.4 Å². The minimum Gasteiger partial charge on any atom is -0.496 e. The van der Waals surface area contributed by atoms with Gasteiger partial charge in [-0.3, -0.25) is 15.1 Å². The van der Waals surface area contributed by atoms with E-state index in [9.17, 15) is 4.79 Å². The van der Waals surface area contributed by atoms with E-state index >= 15 is 0 Å². The summed E-state index contributed by atoms with van der Waals surface area (Å²) in [4.78, 5) is 26.6. The number of amides is 1. The Kier molecular flexibility index (Phi) is 4.83. The molecule has 0 fully saturated rings. The van der Waals surface area contributed by atoms with Crippen LogP contribution in [0.4, 0.5) is 5.13 Å². The minimum atomic E-state index is -0.267. The third-order valence-corrected chi connectivity index (χ3v) is 5.23. The highest BCUT2D eigenvalue weighted by Gasteiger charge is 2.17. The number of carbonyl (C=O) groups excluding carboxylic acids is 1. The van der Waals surface area contributed by atoms with Crippen LogP contribution in [0.25, 0.3) is 21.5 Å². The monoisotopic (exact) mass is 440 g/mol. The van der Waals surface area contributed by atoms with Gasteiger partial charge in [-0.15, -0.1) is 0 Å². The van der Waals surface area contributed by atoms with Crippen LogP contribution in [-0.4, -0.2) is 28.0 Å². The molecule has 0 aliphatic rings. The van der Waals surface area contributed by atoms with E-state index in [0.29, 0.717) is 22.0 Å². The summed E-state index contributed by atoms with van der Waals surface area (Å²) in [6.45, 7) is 0. The minimum absolute atomic E-state index is 0.267. The normalized spacial score (nSPS) is 10.7. The van der Waals surface area contributed by atoms with Crippen molar-refractivity contribution < 1.29 is 9.53 Å². The van der Waals surface area contributed by atoms with Gasteiger partial charge in [0.25, 0.3) is 5.91 Å². The molecule has 0 aliphatic heterocycles. The molecule has 0 radical (unpaired) electrons. The number of nitrogens with zero attached hydrogens (tertiary/aromatic N) is 3. The lowest BCUT2D eigenvalue weighted by atomic mass is 10.0. The summed E-state index contributed by atoms with van der Waals surface area (Å²) in [7, 11) is 1.60. The zero-order valence-corrected chi connectivity index (χ0v) is 16.5. The van der Waals surface area contributed by atoms with Gasteiger partial charge >= 0.3 is 0 Å². The third kappa shape index (κ3) is 3.54. The van der Waals surface area contributed by atoms with Crippen molar-refractivity contribution in [3.8, 4) is 16.9 Å². The molecule has 134 valence electrons. The molecular formula is C19H13BrN4O2S. The number of pyridine rings is 2. The van der Waals surface area contributed by atoms with Gasteiger partial charge in [0.05, 0.1) is 12.7 Å². The van der Waals surface area contributed by atoms with Crippen molar-refractivity contribution in [2.45, 2.75) is 0 Å². The maximum Gasteiger partial charge on any atom is 0.258 e. The molecule has 0 bridgehead atoms. The molecule has 4 aromatic rings. The topological polar surface area (TPSA) is 77.0 Å². The van der Waals surface area contributed by atoms with Crippen molar-refractivity contribution >= 4 is 48.7 Å². The number of hydrogen-bond acceptors (Lipinski definition) is 6. The van der Waals surface area contributed by atoms with Gasteiger partial charge in [0.2, 0.25) is 0 Å². The van der Waals surface area contributed by atoms with Crippen LogP contribution in [0, 0.1) is 0 Å². The van der Waals surface area contributed by atoms with Gasteiger partial charge in [-0.2, -0.15) is 0 Å². The SMILES string of the molecule is COc1ccccc1-c1cnccc1C(=O)Nc1nc2ccc(Br)nc2s1. The van der Waals surface area contributed by atoms with Crippen LogP contribution >= 0.6 is 27.3 Å². The first-order valence-corrected chi connectivity index (χ1v) is 9.58. The van der Waals surface area contributed by atoms with Crippen LogP contribution in [0.3, 0.4) is 0 Å². The maximum absolute atomic E-state index is 12.9. The van der Waals surface area contributed by atoms with E-state index in [0.717, 1.165) is 20.5 Å². The molecular weight excluding hydrogens is 428 g/mol. The molecule has 0 unspecified atom stereocenters. The molecule has 0 saturated heterocycles. The van der Waals surface area contributed by atoms with Gasteiger partial charge in [0.15, 0.2) is 5.13 Å². The molecule has 27 heavy (non-hydrogen) atoms. The number of aromatic nitrogens is 3. The number of anilines is 1. The van der Waals surface area contributed by atoms with E-state index in [-0.39, 0.29) is 5.91 Å². The number of nitrogens with one attached hydrogen (secondary N) is 1. The van der Waals surface area contributed by atoms with Crippen LogP contribution in [-0.2, 0) is 0 Å². The number of para-hydroxylation sites is 1. The Hall–Kier alpha value is -2.84. The Bertz CT molecular complexity index is 1150. The molecule has 6 nitrogen and oxygen atoms in total. The van der Waals surface area contributed by atoms with Crippen molar-refractivity contribution in [1.29, 1.82) is 0 Å². The fraction of sp³-hybridized carbons (Fsp3) is 0.0526. The van der Waals surface area contributed by atoms with Crippen LogP contribution in [0.2, 0.25) is 0 Å². The van der Waals surface area contributed by atoms with Crippen LogP contribution in [0.1, 0.15) is 10.4 Å². The largest absolute Gasteiger partial charge is 0.496 e. The molecule has 0 atom stereocenters. The van der Waals surface area contributed by atoms with E-state index < -0.39 is 0 Å². The van der Waals surface area contributed by atoms with E-state index in [2.05, 4.69) is 36.2 Å². The number of thiazole rings is 1. The summed E-state index contributed by atoms with van der Waals surface area (Å²) < 4.78 is 6.15. The highest BCUT2D eigenvalue weighted by Crippen LogP contribution is 2.32. The second-order valence-corrected chi connectivity index (χ2v) is 7.34. The molecule has 0 spiro atoms. The molecule has 1 N–H and O–H groups in total. The van der Waals surface area contributed by atoms with Crippen LogP contribution in [0.15, 0.2) is 59.5 Å². The van der Waals surface area contributed by atoms with Crippen molar-refractivity contribution in [3.05, 3.63) is 65.0 Å². The summed E-state index contributed by atoms with van der Waals surface area (Å²) >= 11 is 4.66. The van der Waals surface area contributed by atoms with Gasteiger partial charge in [0, 0.05) is 23.5 Å². The first kappa shape index (κ1) is 17.6. The Morgan fingerprint density at radius 1 is 1.11 bits per heavy atom. The number of methoxy groups -OCH3 is 1. The second-order valence-electron chi connectivity index (χ2n) is 5.55. The lowest BCUT2D eigenvalue weighted by Crippen LogP contribution is -2.13. The first-order chi connectivity index (χ1) is 13.2. The molecule has 4 rings (SSSR count). The number of rotatable bonds is 4. The zero-order chi connectivity index (χ0) is 18.8. The third-order valence-electron chi connectivity index (χ3n) is 3.90. The average molecular weight is 441 g/mol. The molecule has 3 heterocycles. The summed E-state index contributed by atoms with van der Waals surface area (Å²) in [5.41, 5.74) is 2.71. The molecule has 3 aromatic heterocycles. The average Bonchev–Trinajstić information content (AvgIpc) is 3.09. The number of halogens is 1. The number of ether oxygens (including phenoxy) is 1. The fourth-order valence-corrected chi connectivity index (χ4v) is 3.95. The quantitative estimate of drug-likeness (QED) is 0.462. The van der Waals surface area contributed by atoms with Gasteiger partial charge in [0.1, 0.15) is 20.7 Å². The summed E-state index contributed by atoms with van der Waals surface area (Å²) in [6.07, 6.45) is 3.24. The summed E-state index contributed by atoms with van der Waals surface area (Å²) in [5.74, 6) is 0.407. The van der Waals surface area contributed by atoms with E-state index in [1.165, 1.54) is 11.3 Å². The van der Waals surface area contributed by atoms with Gasteiger partial charge in [-0.05, 0) is 40.2 Å². The number of hydrogen-bond donors (Lipinski definition) is 1. The Balaban J connectivity index is 1.70. The van der Waals surface area contributed by atoms with Gasteiger partial charge in [-0.25, -0.2) is 9.97 Å². The smallest absolute Gasteiger partial charge is 0.258 e. The predicted molar refractivity (Wildman–Crippen MR) is 109 cm³/mol. The first-order valence-electron chi connectivity index (χ1n) is 7.97. The Labute approximate surface area is 167 Å². The standard InChI is InChI=1S/C19H13BrN4O2S/c1-26-15-5-3-2-4-11(15)13-10-21-9-8-12(13)17(25)24-19-22-14-6-7-16(20)23-18(14)27-19/h2-10H,1H3,(H,22,24,25). The summed E-state index contributed by atoms with van der Waals surface area (Å²) in [6, 6.07) is 12.9. The summed E-state index contributed by atoms with van der Waals surface area (Å²) in [5, 5.41) is 3.35. The van der Waals surface area contributed by atoms with Crippen molar-refractivity contribution in [2.75, 3.05) is 12.4 Å². The number of carbonyl (C=O) groups is 1. The lowest BCUT2D eigenvalue weighted by Gasteiger charge is -2.11. The molecule has 1 aromatic carbocycles. The van der Waals surface area contributed by atoms with Crippen LogP contribution < -0.4 is 10.1 Å². The van der Waals surface area contributed by atoms with Crippen molar-refractivity contribution in [1.82, 2.24) is 15.0 Å². The van der Waals surface area contributed by atoms with Gasteiger partial charge < -0.3 is 4.74 Å². The second kappa shape index (κ2) is 7.42. The maximum atomic E-state index is 12.9. The molecule has 8 heteroatoms. The molecule has 1 amide bonds. The highest BCUT2D eigenvalue weighted by atomic mass is 79.9. The van der Waals surface area contributed by atoms with Crippen molar-refractivity contribution in [2.24, 2.45) is 0 Å². The predicted octanol–water partition coefficient (Wildman–Crippen LogP) is 4.78. The Morgan fingerprint density at radius 3 is 2.81 bits per heavy atom. The molecule has 0 aliphatic carbocycles. The molecule has 0 saturated carbocycles. The van der Waals surface area contributed by atoms with Crippen LogP contribution in [0.5, 0.6) is 5.75 Å². The Morgan fingerprint density at radius 2 is 1.96 bits per heavy atom.